The molecular formula is C72H68ClF3N10O9. The molecule has 0 bridgehead atoms. The summed E-state index contributed by atoms with van der Waals surface area (Å²) >= 11 is 0. The van der Waals surface area contributed by atoms with E-state index in [4.69, 9.17) is 34.6 Å². The summed E-state index contributed by atoms with van der Waals surface area (Å²) < 4.78 is 61.0. The lowest BCUT2D eigenvalue weighted by molar-refractivity contribution is -0.160. The number of aliphatic carboxylic acids is 1. The topological polar surface area (TPSA) is 268 Å². The van der Waals surface area contributed by atoms with Crippen LogP contribution in [0.15, 0.2) is 178 Å². The zero-order valence-corrected chi connectivity index (χ0v) is 53.7. The zero-order chi connectivity index (χ0) is 67.7. The van der Waals surface area contributed by atoms with Crippen molar-refractivity contribution < 1.29 is 56.4 Å². The van der Waals surface area contributed by atoms with Crippen molar-refractivity contribution >= 4 is 36.3 Å². The average molecular weight is 1310 g/mol. The van der Waals surface area contributed by atoms with Gasteiger partial charge in [-0.1, -0.05) is 106 Å². The number of rotatable bonds is 7. The standard InChI is InChI=1S/C26H24FN3O3.C21H16FN3O.C14H10FN3O.C11H17NO4.ClH/c1-16-12-20(21(13-16)25(31)32-26(2,3)4)24-29-23(30-33-24)22-11-10-18(15-28-22)9-8-17-6-5-7-19(27)14-17;1-14-5-9-17(11-14)21-24-20(25-26-21)19-10-8-16(13-23-19)7-6-15-3-2-4-18(22)12-15;15-12-3-1-2-10(8-12)4-5-11-6-7-13(17-9-11)14(16)18-19;1-7-5-8(9(13)14)12(6-7)10(15)16-11(2,3)4;/h5-7,10-11,14-15,20-21H,1,12-13H2,2-4H3;2-4,8,10,12-13,17H,1,5,9,11H2;1-3,6-9,19H,(H2,16,18);8H,1,5-6H2,2-4H3,(H,13,14);1H/t20-,21?;17-;;8-;/m10.0./s1. The van der Waals surface area contributed by atoms with Crippen LogP contribution in [0.1, 0.15) is 143 Å². The molecule has 4 N–H and O–H groups in total. The summed E-state index contributed by atoms with van der Waals surface area (Å²) in [5.41, 5.74) is 12.5. The molecule has 2 aliphatic carbocycles. The first-order valence-corrected chi connectivity index (χ1v) is 29.6. The molecule has 1 unspecified atom stereocenters. The van der Waals surface area contributed by atoms with Crippen LogP contribution in [0.25, 0.3) is 23.0 Å². The minimum Gasteiger partial charge on any atom is -0.480 e. The summed E-state index contributed by atoms with van der Waals surface area (Å²) in [6.45, 7) is 22.7. The number of nitrogens with zero attached hydrogens (tertiary/aromatic N) is 9. The first-order valence-electron chi connectivity index (χ1n) is 29.6. The molecule has 5 aromatic heterocycles. The fourth-order valence-corrected chi connectivity index (χ4v) is 9.55. The maximum absolute atomic E-state index is 13.3. The van der Waals surface area contributed by atoms with Crippen molar-refractivity contribution in [2.45, 2.75) is 109 Å². The second kappa shape index (κ2) is 32.4. The Morgan fingerprint density at radius 3 is 1.51 bits per heavy atom. The minimum atomic E-state index is -1.02. The van der Waals surface area contributed by atoms with Gasteiger partial charge in [0.1, 0.15) is 51.8 Å². The Hall–Kier alpha value is -11.2. The van der Waals surface area contributed by atoms with E-state index in [0.717, 1.165) is 36.0 Å². The highest BCUT2D eigenvalue weighted by molar-refractivity contribution is 5.95. The van der Waals surface area contributed by atoms with E-state index in [9.17, 15) is 27.6 Å². The molecule has 3 aliphatic rings. The molecule has 3 fully saturated rings. The minimum absolute atomic E-state index is 0. The van der Waals surface area contributed by atoms with E-state index in [-0.39, 0.29) is 60.0 Å². The van der Waals surface area contributed by atoms with Crippen LogP contribution in [0.4, 0.5) is 18.0 Å². The fraction of sp³-hybridized carbons (Fsp3) is 0.264. The van der Waals surface area contributed by atoms with Gasteiger partial charge in [0.2, 0.25) is 23.4 Å². The maximum Gasteiger partial charge on any atom is 0.411 e. The van der Waals surface area contributed by atoms with Crippen LogP contribution in [0, 0.1) is 58.9 Å². The number of carbonyl (C=O) groups excluding carboxylic acids is 2. The Bertz CT molecular complexity index is 4320. The predicted molar refractivity (Wildman–Crippen MR) is 350 cm³/mol. The third kappa shape index (κ3) is 21.5. The summed E-state index contributed by atoms with van der Waals surface area (Å²) in [5, 5.41) is 28.4. The van der Waals surface area contributed by atoms with E-state index in [2.05, 4.69) is 95.6 Å². The second-order valence-corrected chi connectivity index (χ2v) is 24.0. The second-order valence-electron chi connectivity index (χ2n) is 24.0. The number of carboxylic acids is 1. The molecule has 19 nitrogen and oxygen atoms in total. The molecular weight excluding hydrogens is 1240 g/mol. The number of likely N-dealkylation sites (tertiary alicyclic amines) is 1. The van der Waals surface area contributed by atoms with Gasteiger partial charge in [0.05, 0.1) is 11.8 Å². The number of benzene rings is 3. The number of pyridine rings is 3. The number of nitrogens with two attached hydrogens (primary N) is 1. The van der Waals surface area contributed by atoms with Crippen molar-refractivity contribution in [1.82, 2.24) is 40.1 Å². The lowest BCUT2D eigenvalue weighted by Gasteiger charge is -2.26. The predicted octanol–water partition coefficient (Wildman–Crippen LogP) is 13.3. The van der Waals surface area contributed by atoms with Gasteiger partial charge in [-0.3, -0.25) is 24.6 Å². The molecule has 6 heterocycles. The summed E-state index contributed by atoms with van der Waals surface area (Å²) in [6, 6.07) is 27.9. The van der Waals surface area contributed by atoms with E-state index < -0.39 is 35.2 Å². The van der Waals surface area contributed by atoms with Crippen molar-refractivity contribution in [1.29, 1.82) is 0 Å². The third-order valence-electron chi connectivity index (χ3n) is 14.0. The van der Waals surface area contributed by atoms with E-state index in [1.54, 1.807) is 99.9 Å². The summed E-state index contributed by atoms with van der Waals surface area (Å²) in [5.74, 6) is 16.5. The molecule has 0 radical (unpaired) electrons. The lowest BCUT2D eigenvalue weighted by Crippen LogP contribution is -2.43. The number of hydrogen-bond acceptors (Lipinski definition) is 16. The van der Waals surface area contributed by atoms with Gasteiger partial charge in [0, 0.05) is 70.9 Å². The number of amidine groups is 1. The van der Waals surface area contributed by atoms with Crippen LogP contribution >= 0.6 is 12.4 Å². The number of halogens is 4. The van der Waals surface area contributed by atoms with E-state index in [1.165, 1.54) is 53.1 Å². The van der Waals surface area contributed by atoms with Crippen LogP contribution in [-0.4, -0.2) is 98.1 Å². The van der Waals surface area contributed by atoms with Gasteiger partial charge in [0.15, 0.2) is 5.84 Å². The largest absolute Gasteiger partial charge is 0.480 e. The van der Waals surface area contributed by atoms with Gasteiger partial charge >= 0.3 is 18.0 Å². The van der Waals surface area contributed by atoms with Crippen LogP contribution in [0.2, 0.25) is 0 Å². The number of carboxylic acid groups (broad SMARTS) is 1. The highest BCUT2D eigenvalue weighted by Gasteiger charge is 2.42. The highest BCUT2D eigenvalue weighted by atomic mass is 35.5. The first-order chi connectivity index (χ1) is 44.7. The zero-order valence-electron chi connectivity index (χ0n) is 52.9. The Labute approximate surface area is 553 Å². The molecule has 1 amide bonds. The van der Waals surface area contributed by atoms with Gasteiger partial charge < -0.3 is 34.6 Å². The van der Waals surface area contributed by atoms with Gasteiger partial charge in [-0.2, -0.15) is 9.97 Å². The quantitative estimate of drug-likeness (QED) is 0.0254. The Morgan fingerprint density at radius 2 is 1.08 bits per heavy atom. The van der Waals surface area contributed by atoms with E-state index >= 15 is 0 Å². The maximum atomic E-state index is 13.3. The van der Waals surface area contributed by atoms with Crippen LogP contribution in [0.5, 0.6) is 0 Å². The van der Waals surface area contributed by atoms with Crippen LogP contribution < -0.4 is 5.73 Å². The van der Waals surface area contributed by atoms with Crippen LogP contribution in [-0.2, 0) is 19.1 Å². The molecule has 1 saturated heterocycles. The van der Waals surface area contributed by atoms with Crippen molar-refractivity contribution in [2.75, 3.05) is 6.54 Å². The molecule has 2 saturated carbocycles. The van der Waals surface area contributed by atoms with Gasteiger partial charge in [-0.05, 0) is 165 Å². The number of amides is 1. The number of oxime groups is 1. The normalized spacial score (nSPS) is 16.4. The monoisotopic (exact) mass is 1310 g/mol. The molecule has 8 aromatic rings. The molecule has 488 valence electrons. The van der Waals surface area contributed by atoms with Crippen molar-refractivity contribution in [3.63, 3.8) is 0 Å². The SMILES string of the molecule is C=C1CC(C(=O)OC(C)(C)C)[C@H](c2nc(-c3ccc(C#Cc4cccc(F)c4)cn3)no2)C1.C=C1CC[C@H](c2nc(-c3ccc(C#Cc4cccc(F)c4)cn3)no2)C1.C=C1C[C@@H](C(=O)O)N(C(=O)OC(C)(C)C)C1.Cl.N/C(=N\O)c1ccc(C#Cc2cccc(F)c2)cn1. The fourth-order valence-electron chi connectivity index (χ4n) is 9.55. The first kappa shape index (κ1) is 71.3. The lowest BCUT2D eigenvalue weighted by atomic mass is 9.96. The van der Waals surface area contributed by atoms with Gasteiger partial charge in [-0.25, -0.2) is 22.8 Å². The Morgan fingerprint density at radius 1 is 0.611 bits per heavy atom. The summed E-state index contributed by atoms with van der Waals surface area (Å²) in [6.07, 6.45) is 8.49. The molecule has 23 heteroatoms. The van der Waals surface area contributed by atoms with E-state index in [0.29, 0.717) is 87.6 Å². The number of esters is 1. The third-order valence-corrected chi connectivity index (χ3v) is 14.0. The van der Waals surface area contributed by atoms with Gasteiger partial charge in [-0.15, -0.1) is 12.4 Å². The van der Waals surface area contributed by atoms with Crippen molar-refractivity contribution in [3.8, 4) is 58.6 Å². The molecule has 4 atom stereocenters. The molecule has 1 aliphatic heterocycles. The Balaban J connectivity index is 0.000000185. The molecule has 95 heavy (non-hydrogen) atoms. The number of ether oxygens (including phenoxy) is 2. The summed E-state index contributed by atoms with van der Waals surface area (Å²) in [7, 11) is 0. The van der Waals surface area contributed by atoms with Crippen molar-refractivity contribution in [3.05, 3.63) is 233 Å². The highest BCUT2D eigenvalue weighted by Crippen LogP contribution is 2.43. The molecule has 0 spiro atoms. The number of aromatic nitrogens is 7. The number of allylic oxidation sites excluding steroid dienone is 2. The number of carbonyl (C=O) groups is 3. The number of hydrogen-bond donors (Lipinski definition) is 3. The average Bonchev–Trinajstić information content (AvgIpc) is 1.69. The van der Waals surface area contributed by atoms with E-state index in [1.807, 2.05) is 26.8 Å². The van der Waals surface area contributed by atoms with Gasteiger partial charge in [0.25, 0.3) is 0 Å². The molecule has 3 aromatic carbocycles. The van der Waals surface area contributed by atoms with Crippen molar-refractivity contribution in [2.24, 2.45) is 16.8 Å². The smallest absolute Gasteiger partial charge is 0.411 e. The Kier molecular flexibility index (Phi) is 24.3. The molecule has 11 rings (SSSR count). The van der Waals surface area contributed by atoms with Crippen LogP contribution in [0.3, 0.4) is 0 Å². The summed E-state index contributed by atoms with van der Waals surface area (Å²) in [4.78, 5) is 58.2.